The first-order valence-corrected chi connectivity index (χ1v) is 6.99. The van der Waals surface area contributed by atoms with Gasteiger partial charge in [0.15, 0.2) is 0 Å². The molecule has 1 aromatic rings. The molecular formula is C16H28N2. The maximum absolute atomic E-state index is 6.05. The average molecular weight is 248 g/mol. The van der Waals surface area contributed by atoms with Crippen molar-refractivity contribution in [2.75, 3.05) is 26.2 Å². The first-order valence-electron chi connectivity index (χ1n) is 6.99. The summed E-state index contributed by atoms with van der Waals surface area (Å²) in [4.78, 5) is 2.50. The molecule has 1 rings (SSSR count). The van der Waals surface area contributed by atoms with E-state index in [4.69, 9.17) is 5.73 Å². The SMILES string of the molecule is CCN(CC(C)C)CC(C)(CN)c1ccccc1. The quantitative estimate of drug-likeness (QED) is 0.804. The van der Waals surface area contributed by atoms with Gasteiger partial charge in [0.2, 0.25) is 0 Å². The summed E-state index contributed by atoms with van der Waals surface area (Å²) in [5.41, 5.74) is 7.44. The van der Waals surface area contributed by atoms with E-state index in [2.05, 4.69) is 62.9 Å². The topological polar surface area (TPSA) is 29.3 Å². The molecular weight excluding hydrogens is 220 g/mol. The number of hydrogen-bond acceptors (Lipinski definition) is 2. The summed E-state index contributed by atoms with van der Waals surface area (Å²) in [5, 5.41) is 0. The third kappa shape index (κ3) is 4.11. The van der Waals surface area contributed by atoms with Crippen LogP contribution in [-0.2, 0) is 5.41 Å². The summed E-state index contributed by atoms with van der Waals surface area (Å²) in [5.74, 6) is 0.697. The van der Waals surface area contributed by atoms with Gasteiger partial charge >= 0.3 is 0 Å². The van der Waals surface area contributed by atoms with Crippen LogP contribution in [0, 0.1) is 5.92 Å². The Morgan fingerprint density at radius 1 is 1.22 bits per heavy atom. The molecule has 0 saturated carbocycles. The number of nitrogens with zero attached hydrogens (tertiary/aromatic N) is 1. The van der Waals surface area contributed by atoms with Crippen LogP contribution in [-0.4, -0.2) is 31.1 Å². The Balaban J connectivity index is 2.81. The van der Waals surface area contributed by atoms with Gasteiger partial charge in [-0.15, -0.1) is 0 Å². The monoisotopic (exact) mass is 248 g/mol. The highest BCUT2D eigenvalue weighted by Crippen LogP contribution is 2.24. The van der Waals surface area contributed by atoms with E-state index in [1.54, 1.807) is 0 Å². The van der Waals surface area contributed by atoms with Crippen LogP contribution in [0.4, 0.5) is 0 Å². The Hall–Kier alpha value is -0.860. The van der Waals surface area contributed by atoms with Gasteiger partial charge in [-0.05, 0) is 18.0 Å². The van der Waals surface area contributed by atoms with Crippen LogP contribution in [0.25, 0.3) is 0 Å². The van der Waals surface area contributed by atoms with Gasteiger partial charge in [-0.1, -0.05) is 58.0 Å². The van der Waals surface area contributed by atoms with E-state index in [0.29, 0.717) is 12.5 Å². The second-order valence-electron chi connectivity index (χ2n) is 5.85. The maximum atomic E-state index is 6.05. The maximum Gasteiger partial charge on any atom is 0.0174 e. The lowest BCUT2D eigenvalue weighted by molar-refractivity contribution is 0.206. The van der Waals surface area contributed by atoms with Crippen LogP contribution < -0.4 is 5.73 Å². The van der Waals surface area contributed by atoms with Gasteiger partial charge in [0.25, 0.3) is 0 Å². The molecule has 0 amide bonds. The van der Waals surface area contributed by atoms with Crippen molar-refractivity contribution in [2.45, 2.75) is 33.1 Å². The van der Waals surface area contributed by atoms with Gasteiger partial charge in [0.05, 0.1) is 0 Å². The third-order valence-electron chi connectivity index (χ3n) is 3.56. The smallest absolute Gasteiger partial charge is 0.0174 e. The summed E-state index contributed by atoms with van der Waals surface area (Å²) >= 11 is 0. The lowest BCUT2D eigenvalue weighted by atomic mass is 9.82. The van der Waals surface area contributed by atoms with Gasteiger partial charge in [-0.3, -0.25) is 0 Å². The number of benzene rings is 1. The highest BCUT2D eigenvalue weighted by Gasteiger charge is 2.27. The molecule has 0 bridgehead atoms. The van der Waals surface area contributed by atoms with Crippen LogP contribution in [0.5, 0.6) is 0 Å². The zero-order valence-corrected chi connectivity index (χ0v) is 12.3. The molecule has 0 fully saturated rings. The molecule has 18 heavy (non-hydrogen) atoms. The Kier molecular flexibility index (Phi) is 5.83. The number of likely N-dealkylation sites (N-methyl/N-ethyl adjacent to an activating group) is 1. The van der Waals surface area contributed by atoms with Crippen LogP contribution in [0.3, 0.4) is 0 Å². The molecule has 0 radical (unpaired) electrons. The molecule has 2 nitrogen and oxygen atoms in total. The van der Waals surface area contributed by atoms with Gasteiger partial charge in [0, 0.05) is 25.0 Å². The molecule has 102 valence electrons. The van der Waals surface area contributed by atoms with Gasteiger partial charge in [-0.2, -0.15) is 0 Å². The van der Waals surface area contributed by atoms with Gasteiger partial charge < -0.3 is 10.6 Å². The number of nitrogens with two attached hydrogens (primary N) is 1. The standard InChI is InChI=1S/C16H28N2/c1-5-18(11-14(2)3)13-16(4,12-17)15-9-7-6-8-10-15/h6-10,14H,5,11-13,17H2,1-4H3. The summed E-state index contributed by atoms with van der Waals surface area (Å²) < 4.78 is 0. The van der Waals surface area contributed by atoms with E-state index in [9.17, 15) is 0 Å². The van der Waals surface area contributed by atoms with E-state index in [-0.39, 0.29) is 5.41 Å². The van der Waals surface area contributed by atoms with E-state index in [0.717, 1.165) is 19.6 Å². The summed E-state index contributed by atoms with van der Waals surface area (Å²) in [6.45, 7) is 13.0. The van der Waals surface area contributed by atoms with Crippen molar-refractivity contribution in [1.82, 2.24) is 4.90 Å². The molecule has 0 aliphatic rings. The first kappa shape index (κ1) is 15.2. The second-order valence-corrected chi connectivity index (χ2v) is 5.85. The van der Waals surface area contributed by atoms with Crippen LogP contribution in [0.15, 0.2) is 30.3 Å². The van der Waals surface area contributed by atoms with E-state index < -0.39 is 0 Å². The van der Waals surface area contributed by atoms with Crippen LogP contribution >= 0.6 is 0 Å². The molecule has 2 heteroatoms. The van der Waals surface area contributed by atoms with Crippen LogP contribution in [0.2, 0.25) is 0 Å². The lowest BCUT2D eigenvalue weighted by Gasteiger charge is -2.35. The summed E-state index contributed by atoms with van der Waals surface area (Å²) in [6.07, 6.45) is 0. The molecule has 0 saturated heterocycles. The molecule has 0 heterocycles. The normalized spacial score (nSPS) is 15.1. The summed E-state index contributed by atoms with van der Waals surface area (Å²) in [7, 11) is 0. The molecule has 1 unspecified atom stereocenters. The Bertz CT molecular complexity index is 334. The Morgan fingerprint density at radius 2 is 1.83 bits per heavy atom. The molecule has 0 spiro atoms. The predicted molar refractivity (Wildman–Crippen MR) is 79.8 cm³/mol. The Labute approximate surface area is 112 Å². The molecule has 2 N–H and O–H groups in total. The fourth-order valence-electron chi connectivity index (χ4n) is 2.43. The van der Waals surface area contributed by atoms with Crippen molar-refractivity contribution in [1.29, 1.82) is 0 Å². The van der Waals surface area contributed by atoms with Crippen LogP contribution in [0.1, 0.15) is 33.3 Å². The fourth-order valence-corrected chi connectivity index (χ4v) is 2.43. The highest BCUT2D eigenvalue weighted by atomic mass is 15.1. The minimum absolute atomic E-state index is 0.0478. The van der Waals surface area contributed by atoms with E-state index in [1.165, 1.54) is 5.56 Å². The van der Waals surface area contributed by atoms with Crippen molar-refractivity contribution in [3.8, 4) is 0 Å². The number of hydrogen-bond donors (Lipinski definition) is 1. The van der Waals surface area contributed by atoms with E-state index >= 15 is 0 Å². The molecule has 1 atom stereocenters. The minimum atomic E-state index is 0.0478. The summed E-state index contributed by atoms with van der Waals surface area (Å²) in [6, 6.07) is 10.6. The van der Waals surface area contributed by atoms with Crippen molar-refractivity contribution >= 4 is 0 Å². The molecule has 0 aliphatic heterocycles. The van der Waals surface area contributed by atoms with Crippen molar-refractivity contribution < 1.29 is 0 Å². The zero-order chi connectivity index (χ0) is 13.6. The molecule has 0 aromatic heterocycles. The molecule has 0 aliphatic carbocycles. The van der Waals surface area contributed by atoms with Gasteiger partial charge in [0.1, 0.15) is 0 Å². The van der Waals surface area contributed by atoms with E-state index in [1.807, 2.05) is 0 Å². The minimum Gasteiger partial charge on any atom is -0.330 e. The van der Waals surface area contributed by atoms with Crippen molar-refractivity contribution in [3.05, 3.63) is 35.9 Å². The van der Waals surface area contributed by atoms with Crippen molar-refractivity contribution in [2.24, 2.45) is 11.7 Å². The Morgan fingerprint density at radius 3 is 2.28 bits per heavy atom. The highest BCUT2D eigenvalue weighted by molar-refractivity contribution is 5.25. The fraction of sp³-hybridized carbons (Fsp3) is 0.625. The van der Waals surface area contributed by atoms with Gasteiger partial charge in [-0.25, -0.2) is 0 Å². The largest absolute Gasteiger partial charge is 0.330 e. The second kappa shape index (κ2) is 6.91. The first-order chi connectivity index (χ1) is 8.51. The predicted octanol–water partition coefficient (Wildman–Crippen LogP) is 2.88. The zero-order valence-electron chi connectivity index (χ0n) is 12.3. The van der Waals surface area contributed by atoms with Crippen molar-refractivity contribution in [3.63, 3.8) is 0 Å². The lowest BCUT2D eigenvalue weighted by Crippen LogP contribution is -2.45. The number of rotatable bonds is 7. The average Bonchev–Trinajstić information content (AvgIpc) is 2.38. The molecule has 1 aromatic carbocycles. The third-order valence-corrected chi connectivity index (χ3v) is 3.56.